The molecule has 0 saturated heterocycles. The van der Waals surface area contributed by atoms with E-state index in [0.717, 1.165) is 34.4 Å². The summed E-state index contributed by atoms with van der Waals surface area (Å²) in [4.78, 5) is 0. The van der Waals surface area contributed by atoms with Gasteiger partial charge >= 0.3 is 0 Å². The normalized spacial score (nSPS) is 24.2. The van der Waals surface area contributed by atoms with E-state index < -0.39 is 0 Å². The molecule has 0 aliphatic heterocycles. The van der Waals surface area contributed by atoms with Crippen LogP contribution in [0.5, 0.6) is 0 Å². The van der Waals surface area contributed by atoms with Gasteiger partial charge < -0.3 is 5.32 Å². The van der Waals surface area contributed by atoms with Crippen LogP contribution < -0.4 is 5.32 Å². The van der Waals surface area contributed by atoms with Gasteiger partial charge in [-0.15, -0.1) is 0 Å². The number of halogens is 2. The van der Waals surface area contributed by atoms with Crippen molar-refractivity contribution in [1.29, 1.82) is 0 Å². The van der Waals surface area contributed by atoms with Crippen LogP contribution in [0.2, 0.25) is 5.02 Å². The number of benzene rings is 1. The fraction of sp³-hybridized carbons (Fsp3) is 0.571. The summed E-state index contributed by atoms with van der Waals surface area (Å²) in [7, 11) is 0. The van der Waals surface area contributed by atoms with E-state index >= 15 is 0 Å². The minimum atomic E-state index is 0.805. The van der Waals surface area contributed by atoms with E-state index in [9.17, 15) is 0 Å². The molecule has 1 nitrogen and oxygen atoms in total. The molecule has 0 spiro atoms. The first-order valence-corrected chi connectivity index (χ1v) is 7.47. The summed E-state index contributed by atoms with van der Waals surface area (Å²) in [5, 5.41) is 4.35. The van der Waals surface area contributed by atoms with Gasteiger partial charge in [0, 0.05) is 16.0 Å². The molecule has 0 bridgehead atoms. The summed E-state index contributed by atoms with van der Waals surface area (Å²) in [5.74, 6) is 1.78. The van der Waals surface area contributed by atoms with Crippen LogP contribution in [0.15, 0.2) is 22.7 Å². The van der Waals surface area contributed by atoms with Gasteiger partial charge in [0.2, 0.25) is 0 Å². The number of hydrogen-bond donors (Lipinski definition) is 1. The van der Waals surface area contributed by atoms with Gasteiger partial charge in [0.05, 0.1) is 0 Å². The number of hydrogen-bond acceptors (Lipinski definition) is 1. The highest BCUT2D eigenvalue weighted by Gasteiger charge is 2.20. The topological polar surface area (TPSA) is 12.0 Å². The van der Waals surface area contributed by atoms with Crippen LogP contribution >= 0.6 is 27.5 Å². The first kappa shape index (κ1) is 13.4. The standard InChI is InChI=1S/C14H19BrClN/c1-10-2-3-11(6-10)8-17-9-12-7-13(16)4-5-14(12)15/h4-5,7,10-11,17H,2-3,6,8-9H2,1H3. The highest BCUT2D eigenvalue weighted by atomic mass is 79.9. The van der Waals surface area contributed by atoms with Gasteiger partial charge in [-0.3, -0.25) is 0 Å². The Kier molecular flexibility index (Phi) is 4.89. The zero-order chi connectivity index (χ0) is 12.3. The molecule has 1 aliphatic rings. The van der Waals surface area contributed by atoms with E-state index in [-0.39, 0.29) is 0 Å². The molecule has 1 saturated carbocycles. The van der Waals surface area contributed by atoms with Crippen molar-refractivity contribution in [2.45, 2.75) is 32.7 Å². The van der Waals surface area contributed by atoms with Crippen molar-refractivity contribution in [3.05, 3.63) is 33.3 Å². The maximum Gasteiger partial charge on any atom is 0.0410 e. The molecule has 0 amide bonds. The molecule has 1 N–H and O–H groups in total. The predicted octanol–water partition coefficient (Wildman–Crippen LogP) is 4.63. The maximum absolute atomic E-state index is 5.99. The van der Waals surface area contributed by atoms with Crippen LogP contribution in [0, 0.1) is 11.8 Å². The van der Waals surface area contributed by atoms with Gasteiger partial charge in [0.1, 0.15) is 0 Å². The fourth-order valence-electron chi connectivity index (χ4n) is 2.60. The Morgan fingerprint density at radius 2 is 2.24 bits per heavy atom. The molecule has 2 rings (SSSR count). The lowest BCUT2D eigenvalue weighted by atomic mass is 10.1. The summed E-state index contributed by atoms with van der Waals surface area (Å²) in [6, 6.07) is 5.95. The Balaban J connectivity index is 1.80. The first-order valence-electron chi connectivity index (χ1n) is 6.30. The Bertz CT molecular complexity index is 380. The van der Waals surface area contributed by atoms with Crippen molar-refractivity contribution >= 4 is 27.5 Å². The van der Waals surface area contributed by atoms with E-state index in [4.69, 9.17) is 11.6 Å². The van der Waals surface area contributed by atoms with E-state index in [0.29, 0.717) is 0 Å². The monoisotopic (exact) mass is 315 g/mol. The fourth-order valence-corrected chi connectivity index (χ4v) is 3.18. The van der Waals surface area contributed by atoms with Gasteiger partial charge in [-0.05, 0) is 55.0 Å². The molecular weight excluding hydrogens is 298 g/mol. The van der Waals surface area contributed by atoms with Crippen LogP contribution in [0.1, 0.15) is 31.7 Å². The van der Waals surface area contributed by atoms with E-state index in [1.54, 1.807) is 0 Å². The molecule has 0 heterocycles. The summed E-state index contributed by atoms with van der Waals surface area (Å²) >= 11 is 9.55. The third kappa shape index (κ3) is 3.97. The summed E-state index contributed by atoms with van der Waals surface area (Å²) in [6.45, 7) is 4.38. The third-order valence-electron chi connectivity index (χ3n) is 3.56. The smallest absolute Gasteiger partial charge is 0.0410 e. The molecule has 94 valence electrons. The van der Waals surface area contributed by atoms with E-state index in [2.05, 4.69) is 28.2 Å². The number of rotatable bonds is 4. The van der Waals surface area contributed by atoms with Crippen molar-refractivity contribution in [3.63, 3.8) is 0 Å². The Labute approximate surface area is 117 Å². The number of nitrogens with one attached hydrogen (secondary N) is 1. The summed E-state index contributed by atoms with van der Waals surface area (Å²) in [6.07, 6.45) is 4.15. The minimum Gasteiger partial charge on any atom is -0.312 e. The predicted molar refractivity (Wildman–Crippen MR) is 77.4 cm³/mol. The highest BCUT2D eigenvalue weighted by Crippen LogP contribution is 2.29. The molecule has 2 unspecified atom stereocenters. The summed E-state index contributed by atoms with van der Waals surface area (Å²) in [5.41, 5.74) is 1.24. The van der Waals surface area contributed by atoms with Crippen molar-refractivity contribution in [2.75, 3.05) is 6.54 Å². The molecule has 0 radical (unpaired) electrons. The second-order valence-corrected chi connectivity index (χ2v) is 6.44. The van der Waals surface area contributed by atoms with Crippen LogP contribution in [0.4, 0.5) is 0 Å². The zero-order valence-corrected chi connectivity index (χ0v) is 12.5. The lowest BCUT2D eigenvalue weighted by molar-refractivity contribution is 0.470. The SMILES string of the molecule is CC1CCC(CNCc2cc(Cl)ccc2Br)C1. The van der Waals surface area contributed by atoms with E-state index in [1.807, 2.05) is 18.2 Å². The lowest BCUT2D eigenvalue weighted by Crippen LogP contribution is -2.21. The molecule has 0 aromatic heterocycles. The Hall–Kier alpha value is -0.0500. The molecular formula is C14H19BrClN. The van der Waals surface area contributed by atoms with Crippen molar-refractivity contribution in [1.82, 2.24) is 5.32 Å². The average molecular weight is 317 g/mol. The maximum atomic E-state index is 5.99. The van der Waals surface area contributed by atoms with Gasteiger partial charge in [-0.25, -0.2) is 0 Å². The van der Waals surface area contributed by atoms with Crippen LogP contribution in [-0.2, 0) is 6.54 Å². The highest BCUT2D eigenvalue weighted by molar-refractivity contribution is 9.10. The van der Waals surface area contributed by atoms with Crippen LogP contribution in [0.25, 0.3) is 0 Å². The molecule has 1 fully saturated rings. The van der Waals surface area contributed by atoms with Gasteiger partial charge in [0.15, 0.2) is 0 Å². The van der Waals surface area contributed by atoms with Crippen molar-refractivity contribution in [2.24, 2.45) is 11.8 Å². The van der Waals surface area contributed by atoms with Gasteiger partial charge in [0.25, 0.3) is 0 Å². The van der Waals surface area contributed by atoms with E-state index in [1.165, 1.54) is 24.8 Å². The third-order valence-corrected chi connectivity index (χ3v) is 4.57. The quantitative estimate of drug-likeness (QED) is 0.854. The van der Waals surface area contributed by atoms with Crippen LogP contribution in [-0.4, -0.2) is 6.54 Å². The second kappa shape index (κ2) is 6.21. The first-order chi connectivity index (χ1) is 8.15. The second-order valence-electron chi connectivity index (χ2n) is 5.15. The zero-order valence-electron chi connectivity index (χ0n) is 10.2. The van der Waals surface area contributed by atoms with Gasteiger partial charge in [-0.1, -0.05) is 40.9 Å². The van der Waals surface area contributed by atoms with Gasteiger partial charge in [-0.2, -0.15) is 0 Å². The summed E-state index contributed by atoms with van der Waals surface area (Å²) < 4.78 is 1.13. The van der Waals surface area contributed by atoms with Crippen LogP contribution in [0.3, 0.4) is 0 Å². The largest absolute Gasteiger partial charge is 0.312 e. The lowest BCUT2D eigenvalue weighted by Gasteiger charge is -2.12. The average Bonchev–Trinajstić information content (AvgIpc) is 2.69. The molecule has 1 aliphatic carbocycles. The molecule has 1 aromatic carbocycles. The molecule has 3 heteroatoms. The molecule has 17 heavy (non-hydrogen) atoms. The molecule has 1 aromatic rings. The van der Waals surface area contributed by atoms with Crippen molar-refractivity contribution < 1.29 is 0 Å². The Morgan fingerprint density at radius 3 is 2.94 bits per heavy atom. The molecule has 2 atom stereocenters. The Morgan fingerprint density at radius 1 is 1.41 bits per heavy atom. The van der Waals surface area contributed by atoms with Crippen molar-refractivity contribution in [3.8, 4) is 0 Å². The minimum absolute atomic E-state index is 0.805.